The molecule has 6 heteroatoms. The van der Waals surface area contributed by atoms with Gasteiger partial charge >= 0.3 is 0 Å². The Morgan fingerprint density at radius 2 is 2.36 bits per heavy atom. The predicted octanol–water partition coefficient (Wildman–Crippen LogP) is 3.22. The maximum Gasteiger partial charge on any atom is 0.299 e. The van der Waals surface area contributed by atoms with Gasteiger partial charge in [-0.15, -0.1) is 0 Å². The maximum absolute atomic E-state index is 10.7. The number of nitrogens with zero attached hydrogens (tertiary/aromatic N) is 2. The zero-order chi connectivity index (χ0) is 10.6. The van der Waals surface area contributed by atoms with Crippen LogP contribution in [0.15, 0.2) is 23.2 Å². The number of benzene rings is 1. The van der Waals surface area contributed by atoms with E-state index in [1.807, 2.05) is 0 Å². The minimum absolute atomic E-state index is 0.0262. The smallest absolute Gasteiger partial charge is 0.258 e. The first-order valence-electron chi connectivity index (χ1n) is 3.60. The van der Waals surface area contributed by atoms with Gasteiger partial charge in [0.2, 0.25) is 0 Å². The van der Waals surface area contributed by atoms with E-state index in [9.17, 15) is 10.1 Å². The first kappa shape index (κ1) is 11.0. The van der Waals surface area contributed by atoms with Gasteiger partial charge in [-0.2, -0.15) is 4.99 Å². The summed E-state index contributed by atoms with van der Waals surface area (Å²) in [6.07, 6.45) is 0. The molecular weight excluding hydrogens is 268 g/mol. The zero-order valence-electron chi connectivity index (χ0n) is 6.94. The third kappa shape index (κ3) is 2.23. The van der Waals surface area contributed by atoms with Crippen LogP contribution < -0.4 is 0 Å². The summed E-state index contributed by atoms with van der Waals surface area (Å²) in [5.41, 5.74) is 0.783. The Kier molecular flexibility index (Phi) is 3.88. The van der Waals surface area contributed by atoms with E-state index in [0.29, 0.717) is 10.9 Å². The van der Waals surface area contributed by atoms with Crippen molar-refractivity contribution >= 4 is 44.7 Å². The first-order valence-corrected chi connectivity index (χ1v) is 5.13. The molecule has 1 aromatic rings. The Balaban J connectivity index is 3.42. The van der Waals surface area contributed by atoms with E-state index in [1.165, 1.54) is 6.07 Å². The Morgan fingerprint density at radius 3 is 2.86 bits per heavy atom. The molecule has 0 fully saturated rings. The number of para-hydroxylation sites is 1. The molecule has 0 amide bonds. The molecule has 0 spiro atoms. The summed E-state index contributed by atoms with van der Waals surface area (Å²) in [6.45, 7) is 0. The number of isothiocyanates is 1. The molecule has 0 unspecified atom stereocenters. The van der Waals surface area contributed by atoms with Gasteiger partial charge in [0, 0.05) is 10.9 Å². The van der Waals surface area contributed by atoms with Crippen LogP contribution in [0.4, 0.5) is 11.4 Å². The standard InChI is InChI=1S/C8H5BrN2O2S/c9-4-6-2-1-3-7(10-5-14)8(6)11(12)13/h1-3H,4H2. The number of hydrogen-bond donors (Lipinski definition) is 0. The van der Waals surface area contributed by atoms with E-state index >= 15 is 0 Å². The lowest BCUT2D eigenvalue weighted by molar-refractivity contribution is -0.384. The van der Waals surface area contributed by atoms with Gasteiger partial charge < -0.3 is 0 Å². The lowest BCUT2D eigenvalue weighted by atomic mass is 10.2. The highest BCUT2D eigenvalue weighted by Gasteiger charge is 2.17. The van der Waals surface area contributed by atoms with Gasteiger partial charge in [0.1, 0.15) is 0 Å². The van der Waals surface area contributed by atoms with Crippen LogP contribution in [0, 0.1) is 10.1 Å². The molecule has 0 aliphatic rings. The average Bonchev–Trinajstić information content (AvgIpc) is 2.17. The summed E-state index contributed by atoms with van der Waals surface area (Å²) in [5, 5.41) is 13.3. The molecule has 4 nitrogen and oxygen atoms in total. The van der Waals surface area contributed by atoms with E-state index in [-0.39, 0.29) is 11.4 Å². The summed E-state index contributed by atoms with van der Waals surface area (Å²) in [5.74, 6) is 0. The Morgan fingerprint density at radius 1 is 1.64 bits per heavy atom. The number of nitro benzene ring substituents is 1. The monoisotopic (exact) mass is 272 g/mol. The molecule has 0 saturated heterocycles. The second kappa shape index (κ2) is 4.95. The second-order valence-corrected chi connectivity index (χ2v) is 3.12. The van der Waals surface area contributed by atoms with Crippen LogP contribution in [0.5, 0.6) is 0 Å². The number of hydrogen-bond acceptors (Lipinski definition) is 4. The number of aliphatic imine (C=N–C) groups is 1. The third-order valence-electron chi connectivity index (χ3n) is 1.59. The van der Waals surface area contributed by atoms with Gasteiger partial charge in [-0.1, -0.05) is 28.1 Å². The number of thiocarbonyl (C=S) groups is 1. The van der Waals surface area contributed by atoms with Gasteiger partial charge in [0.05, 0.1) is 10.1 Å². The fourth-order valence-electron chi connectivity index (χ4n) is 1.04. The van der Waals surface area contributed by atoms with Gasteiger partial charge in [0.25, 0.3) is 5.69 Å². The highest BCUT2D eigenvalue weighted by molar-refractivity contribution is 9.08. The Labute approximate surface area is 93.9 Å². The molecule has 1 rings (SSSR count). The van der Waals surface area contributed by atoms with Crippen molar-refractivity contribution in [3.05, 3.63) is 33.9 Å². The molecule has 0 aliphatic carbocycles. The molecule has 0 radical (unpaired) electrons. The average molecular weight is 273 g/mol. The fourth-order valence-corrected chi connectivity index (χ4v) is 1.59. The van der Waals surface area contributed by atoms with Gasteiger partial charge in [-0.3, -0.25) is 10.1 Å². The highest BCUT2D eigenvalue weighted by Crippen LogP contribution is 2.31. The van der Waals surface area contributed by atoms with Crippen molar-refractivity contribution in [2.24, 2.45) is 4.99 Å². The Bertz CT molecular complexity index is 416. The van der Waals surface area contributed by atoms with E-state index in [4.69, 9.17) is 0 Å². The molecule has 1 aromatic carbocycles. The molecule has 72 valence electrons. The molecule has 14 heavy (non-hydrogen) atoms. The molecule has 0 heterocycles. The van der Waals surface area contributed by atoms with Gasteiger partial charge in [-0.25, -0.2) is 0 Å². The van der Waals surface area contributed by atoms with Crippen molar-refractivity contribution in [2.45, 2.75) is 5.33 Å². The van der Waals surface area contributed by atoms with Crippen molar-refractivity contribution in [1.29, 1.82) is 0 Å². The number of rotatable bonds is 3. The summed E-state index contributed by atoms with van der Waals surface area (Å²) >= 11 is 7.58. The lowest BCUT2D eigenvalue weighted by Crippen LogP contribution is -1.93. The summed E-state index contributed by atoms with van der Waals surface area (Å²) in [4.78, 5) is 13.9. The molecule has 0 atom stereocenters. The van der Waals surface area contributed by atoms with Gasteiger partial charge in [-0.05, 0) is 18.3 Å². The third-order valence-corrected chi connectivity index (χ3v) is 2.29. The van der Waals surface area contributed by atoms with Gasteiger partial charge in [0.15, 0.2) is 5.69 Å². The first-order chi connectivity index (χ1) is 6.70. The van der Waals surface area contributed by atoms with E-state index in [2.05, 4.69) is 38.3 Å². The largest absolute Gasteiger partial charge is 0.299 e. The van der Waals surface area contributed by atoms with Crippen LogP contribution >= 0.6 is 28.1 Å². The minimum atomic E-state index is -0.470. The molecule has 0 saturated carbocycles. The summed E-state index contributed by atoms with van der Waals surface area (Å²) in [7, 11) is 0. The summed E-state index contributed by atoms with van der Waals surface area (Å²) in [6, 6.07) is 4.88. The number of alkyl halides is 1. The van der Waals surface area contributed by atoms with Crippen LogP contribution in [-0.2, 0) is 5.33 Å². The maximum atomic E-state index is 10.7. The van der Waals surface area contributed by atoms with Crippen LogP contribution in [0.1, 0.15) is 5.56 Å². The van der Waals surface area contributed by atoms with Crippen molar-refractivity contribution in [3.63, 3.8) is 0 Å². The highest BCUT2D eigenvalue weighted by atomic mass is 79.9. The SMILES string of the molecule is O=[N+]([O-])c1c(CBr)cccc1N=C=S. The second-order valence-electron chi connectivity index (χ2n) is 2.38. The minimum Gasteiger partial charge on any atom is -0.258 e. The fraction of sp³-hybridized carbons (Fsp3) is 0.125. The van der Waals surface area contributed by atoms with E-state index in [0.717, 1.165) is 0 Å². The van der Waals surface area contributed by atoms with Crippen molar-refractivity contribution in [2.75, 3.05) is 0 Å². The number of halogens is 1. The normalized spacial score (nSPS) is 9.21. The number of nitro groups is 1. The topological polar surface area (TPSA) is 55.5 Å². The van der Waals surface area contributed by atoms with Crippen molar-refractivity contribution in [3.8, 4) is 0 Å². The van der Waals surface area contributed by atoms with Crippen LogP contribution in [0.25, 0.3) is 0 Å². The quantitative estimate of drug-likeness (QED) is 0.279. The van der Waals surface area contributed by atoms with E-state index in [1.54, 1.807) is 12.1 Å². The zero-order valence-corrected chi connectivity index (χ0v) is 9.34. The molecule has 0 aromatic heterocycles. The lowest BCUT2D eigenvalue weighted by Gasteiger charge is -2.00. The Hall–Kier alpha value is -1.10. The molecule has 0 aliphatic heterocycles. The van der Waals surface area contributed by atoms with Crippen molar-refractivity contribution in [1.82, 2.24) is 0 Å². The molecular formula is C8H5BrN2O2S. The predicted molar refractivity (Wildman–Crippen MR) is 60.4 cm³/mol. The van der Waals surface area contributed by atoms with Crippen LogP contribution in [0.2, 0.25) is 0 Å². The molecule has 0 bridgehead atoms. The summed E-state index contributed by atoms with van der Waals surface area (Å²) < 4.78 is 0. The van der Waals surface area contributed by atoms with E-state index < -0.39 is 4.92 Å². The molecule has 0 N–H and O–H groups in total. The van der Waals surface area contributed by atoms with Crippen molar-refractivity contribution < 1.29 is 4.92 Å². The van der Waals surface area contributed by atoms with Crippen LogP contribution in [-0.4, -0.2) is 10.1 Å². The van der Waals surface area contributed by atoms with Crippen LogP contribution in [0.3, 0.4) is 0 Å².